The van der Waals surface area contributed by atoms with Crippen LogP contribution in [-0.2, 0) is 12.8 Å². The van der Waals surface area contributed by atoms with Crippen molar-refractivity contribution < 1.29 is 0 Å². The van der Waals surface area contributed by atoms with E-state index < -0.39 is 0 Å². The molecule has 0 heterocycles. The van der Waals surface area contributed by atoms with Crippen LogP contribution in [0.4, 0.5) is 5.69 Å². The van der Waals surface area contributed by atoms with Gasteiger partial charge in [-0.05, 0) is 55.0 Å². The van der Waals surface area contributed by atoms with Crippen LogP contribution in [0.2, 0.25) is 0 Å². The first kappa shape index (κ1) is 14.1. The Hall–Kier alpha value is -1.87. The Labute approximate surface area is 131 Å². The van der Waals surface area contributed by atoms with Gasteiger partial charge in [-0.15, -0.1) is 0 Å². The first-order valence-electron chi connectivity index (χ1n) is 7.37. The third-order valence-electron chi connectivity index (χ3n) is 4.15. The highest BCUT2D eigenvalue weighted by atomic mass is 32.1. The molecule has 2 aromatic rings. The molecule has 0 bridgehead atoms. The van der Waals surface area contributed by atoms with E-state index in [9.17, 15) is 0 Å². The Morgan fingerprint density at radius 3 is 2.71 bits per heavy atom. The molecular weight excluding hydrogens is 276 g/mol. The molecule has 21 heavy (non-hydrogen) atoms. The topological polar surface area (TPSA) is 38.0 Å². The minimum Gasteiger partial charge on any atom is -0.389 e. The third-order valence-corrected chi connectivity index (χ3v) is 4.37. The molecule has 108 valence electrons. The summed E-state index contributed by atoms with van der Waals surface area (Å²) in [5.74, 6) is 0. The summed E-state index contributed by atoms with van der Waals surface area (Å²) >= 11 is 5.16. The second kappa shape index (κ2) is 5.86. The molecular formula is C18H20N2S. The molecule has 3 rings (SSSR count). The number of nitrogens with two attached hydrogens (primary N) is 1. The van der Waals surface area contributed by atoms with Gasteiger partial charge in [0.25, 0.3) is 0 Å². The van der Waals surface area contributed by atoms with Crippen LogP contribution < -0.4 is 11.1 Å². The molecule has 0 amide bonds. The normalized spacial score (nSPS) is 17.1. The van der Waals surface area contributed by atoms with E-state index >= 15 is 0 Å². The summed E-state index contributed by atoms with van der Waals surface area (Å²) in [4.78, 5) is 0.453. The zero-order valence-corrected chi connectivity index (χ0v) is 13.0. The fourth-order valence-electron chi connectivity index (χ4n) is 3.03. The molecule has 1 aliphatic carbocycles. The van der Waals surface area contributed by atoms with Crippen molar-refractivity contribution in [2.45, 2.75) is 32.2 Å². The van der Waals surface area contributed by atoms with Crippen molar-refractivity contribution >= 4 is 22.9 Å². The quantitative estimate of drug-likeness (QED) is 0.850. The summed E-state index contributed by atoms with van der Waals surface area (Å²) in [5, 5.41) is 3.65. The van der Waals surface area contributed by atoms with E-state index in [0.29, 0.717) is 11.0 Å². The van der Waals surface area contributed by atoms with Crippen LogP contribution in [0.25, 0.3) is 0 Å². The number of aryl methyl sites for hydroxylation is 2. The number of thiocarbonyl (C=S) groups is 1. The number of benzene rings is 2. The van der Waals surface area contributed by atoms with E-state index in [1.165, 1.54) is 16.7 Å². The van der Waals surface area contributed by atoms with Gasteiger partial charge in [-0.3, -0.25) is 0 Å². The molecule has 1 aliphatic rings. The Kier molecular flexibility index (Phi) is 3.93. The summed E-state index contributed by atoms with van der Waals surface area (Å²) in [6.07, 6.45) is 3.32. The molecule has 0 saturated heterocycles. The first-order valence-corrected chi connectivity index (χ1v) is 7.78. The first-order chi connectivity index (χ1) is 10.1. The van der Waals surface area contributed by atoms with Crippen LogP contribution in [0.5, 0.6) is 0 Å². The van der Waals surface area contributed by atoms with E-state index in [4.69, 9.17) is 18.0 Å². The molecule has 0 saturated carbocycles. The summed E-state index contributed by atoms with van der Waals surface area (Å²) in [6.45, 7) is 2.09. The molecule has 0 spiro atoms. The number of fused-ring (bicyclic) bond motifs is 1. The van der Waals surface area contributed by atoms with Crippen LogP contribution in [0, 0.1) is 6.92 Å². The van der Waals surface area contributed by atoms with Crippen LogP contribution in [0.15, 0.2) is 42.5 Å². The molecule has 1 atom stereocenters. The summed E-state index contributed by atoms with van der Waals surface area (Å²) in [7, 11) is 0. The standard InChI is InChI=1S/C18H20N2S/c1-12-6-9-16(18(19)21)17(10-12)20-15-8-7-13-4-2-3-5-14(13)11-15/h2-6,9-10,15,20H,7-8,11H2,1H3,(H2,19,21). The second-order valence-corrected chi connectivity index (χ2v) is 6.21. The van der Waals surface area contributed by atoms with Crippen LogP contribution in [-0.4, -0.2) is 11.0 Å². The molecule has 0 aromatic heterocycles. The molecule has 2 nitrogen and oxygen atoms in total. The van der Waals surface area contributed by atoms with Crippen LogP contribution >= 0.6 is 12.2 Å². The fourth-order valence-corrected chi connectivity index (χ4v) is 3.21. The van der Waals surface area contributed by atoms with E-state index in [1.807, 2.05) is 6.07 Å². The van der Waals surface area contributed by atoms with Gasteiger partial charge in [0.15, 0.2) is 0 Å². The minimum atomic E-state index is 0.440. The Bertz CT molecular complexity index is 679. The maximum atomic E-state index is 5.84. The number of nitrogens with one attached hydrogen (secondary N) is 1. The largest absolute Gasteiger partial charge is 0.389 e. The van der Waals surface area contributed by atoms with Gasteiger partial charge in [-0.2, -0.15) is 0 Å². The summed E-state index contributed by atoms with van der Waals surface area (Å²) < 4.78 is 0. The van der Waals surface area contributed by atoms with E-state index in [0.717, 1.165) is 30.5 Å². The molecule has 3 N–H and O–H groups in total. The Balaban J connectivity index is 1.82. The number of rotatable bonds is 3. The second-order valence-electron chi connectivity index (χ2n) is 5.77. The van der Waals surface area contributed by atoms with Crippen LogP contribution in [0.3, 0.4) is 0 Å². The lowest BCUT2D eigenvalue weighted by molar-refractivity contribution is 0.611. The SMILES string of the molecule is Cc1ccc(C(N)=S)c(NC2CCc3ccccc3C2)c1. The lowest BCUT2D eigenvalue weighted by atomic mass is 9.88. The van der Waals surface area contributed by atoms with Gasteiger partial charge in [0.2, 0.25) is 0 Å². The Morgan fingerprint density at radius 2 is 1.95 bits per heavy atom. The molecule has 3 heteroatoms. The molecule has 0 radical (unpaired) electrons. The Morgan fingerprint density at radius 1 is 1.19 bits per heavy atom. The monoisotopic (exact) mass is 296 g/mol. The third kappa shape index (κ3) is 3.08. The minimum absolute atomic E-state index is 0.440. The average molecular weight is 296 g/mol. The van der Waals surface area contributed by atoms with Crippen molar-refractivity contribution in [3.63, 3.8) is 0 Å². The predicted octanol–water partition coefficient (Wildman–Crippen LogP) is 3.60. The van der Waals surface area contributed by atoms with E-state index in [1.54, 1.807) is 0 Å². The smallest absolute Gasteiger partial charge is 0.106 e. The zero-order chi connectivity index (χ0) is 14.8. The van der Waals surface area contributed by atoms with E-state index in [2.05, 4.69) is 48.6 Å². The van der Waals surface area contributed by atoms with Crippen molar-refractivity contribution in [2.75, 3.05) is 5.32 Å². The van der Waals surface area contributed by atoms with Crippen molar-refractivity contribution in [1.82, 2.24) is 0 Å². The van der Waals surface area contributed by atoms with Crippen molar-refractivity contribution in [3.8, 4) is 0 Å². The number of hydrogen-bond acceptors (Lipinski definition) is 2. The molecule has 1 unspecified atom stereocenters. The van der Waals surface area contributed by atoms with Gasteiger partial charge in [-0.1, -0.05) is 42.5 Å². The average Bonchev–Trinajstić information content (AvgIpc) is 2.47. The van der Waals surface area contributed by atoms with Gasteiger partial charge in [0.1, 0.15) is 4.99 Å². The van der Waals surface area contributed by atoms with Crippen LogP contribution in [0.1, 0.15) is 28.7 Å². The molecule has 0 aliphatic heterocycles. The lowest BCUT2D eigenvalue weighted by Gasteiger charge is -2.27. The van der Waals surface area contributed by atoms with Gasteiger partial charge in [0, 0.05) is 17.3 Å². The maximum absolute atomic E-state index is 5.84. The highest BCUT2D eigenvalue weighted by Gasteiger charge is 2.19. The van der Waals surface area contributed by atoms with Gasteiger partial charge in [0.05, 0.1) is 0 Å². The maximum Gasteiger partial charge on any atom is 0.106 e. The zero-order valence-electron chi connectivity index (χ0n) is 12.2. The van der Waals surface area contributed by atoms with Gasteiger partial charge in [-0.25, -0.2) is 0 Å². The van der Waals surface area contributed by atoms with Crippen molar-refractivity contribution in [2.24, 2.45) is 5.73 Å². The molecule has 0 fully saturated rings. The van der Waals surface area contributed by atoms with Gasteiger partial charge >= 0.3 is 0 Å². The molecule has 2 aromatic carbocycles. The lowest BCUT2D eigenvalue weighted by Crippen LogP contribution is -2.28. The highest BCUT2D eigenvalue weighted by Crippen LogP contribution is 2.25. The van der Waals surface area contributed by atoms with E-state index in [-0.39, 0.29) is 0 Å². The van der Waals surface area contributed by atoms with Gasteiger partial charge < -0.3 is 11.1 Å². The summed E-state index contributed by atoms with van der Waals surface area (Å²) in [5.41, 5.74) is 12.0. The number of anilines is 1. The fraction of sp³-hybridized carbons (Fsp3) is 0.278. The highest BCUT2D eigenvalue weighted by molar-refractivity contribution is 7.80. The predicted molar refractivity (Wildman–Crippen MR) is 92.9 cm³/mol. The van der Waals surface area contributed by atoms with Crippen molar-refractivity contribution in [3.05, 3.63) is 64.7 Å². The van der Waals surface area contributed by atoms with Crippen molar-refractivity contribution in [1.29, 1.82) is 0 Å². The number of hydrogen-bond donors (Lipinski definition) is 2. The summed E-state index contributed by atoms with van der Waals surface area (Å²) in [6, 6.07) is 15.3.